The number of fused-ring (bicyclic) bond motifs is 1. The summed E-state index contributed by atoms with van der Waals surface area (Å²) in [4.78, 5) is 13.7. The van der Waals surface area contributed by atoms with Gasteiger partial charge in [-0.05, 0) is 13.3 Å². The highest BCUT2D eigenvalue weighted by atomic mass is 32.1. The topological polar surface area (TPSA) is 72.9 Å². The van der Waals surface area contributed by atoms with Crippen LogP contribution in [0.1, 0.15) is 48.0 Å². The number of hydrogen-bond donors (Lipinski definition) is 2. The lowest BCUT2D eigenvalue weighted by Crippen LogP contribution is -2.24. The number of unbranched alkanes of at least 4 members (excludes halogenated alkanes) is 3. The van der Waals surface area contributed by atoms with Crippen LogP contribution in [0.5, 0.6) is 0 Å². The maximum Gasteiger partial charge on any atom is 0.263 e. The molecule has 0 unspecified atom stereocenters. The smallest absolute Gasteiger partial charge is 0.263 e. The minimum Gasteiger partial charge on any atom is -0.397 e. The first-order chi connectivity index (χ1) is 9.56. The average molecular weight is 294 g/mol. The molecule has 2 rings (SSSR count). The second-order valence-electron chi connectivity index (χ2n) is 5.05. The molecule has 1 amide bonds. The molecule has 0 radical (unpaired) electrons. The molecule has 110 valence electrons. The summed E-state index contributed by atoms with van der Waals surface area (Å²) in [5, 5.41) is 8.18. The Hall–Kier alpha value is -1.56. The molecule has 0 saturated heterocycles. The number of hydrogen-bond acceptors (Lipinski definition) is 4. The number of nitrogens with one attached hydrogen (secondary N) is 1. The van der Waals surface area contributed by atoms with Crippen LogP contribution >= 0.6 is 11.3 Å². The van der Waals surface area contributed by atoms with Gasteiger partial charge in [-0.15, -0.1) is 11.3 Å². The first-order valence-electron chi connectivity index (χ1n) is 7.06. The number of carbonyl (C=O) groups excluding carboxylic acids is 1. The summed E-state index contributed by atoms with van der Waals surface area (Å²) in [6.45, 7) is 4.80. The van der Waals surface area contributed by atoms with Gasteiger partial charge < -0.3 is 11.1 Å². The largest absolute Gasteiger partial charge is 0.397 e. The number of amides is 1. The van der Waals surface area contributed by atoms with Gasteiger partial charge in [-0.3, -0.25) is 9.48 Å². The number of anilines is 1. The molecule has 0 aliphatic heterocycles. The van der Waals surface area contributed by atoms with Crippen molar-refractivity contribution in [3.8, 4) is 0 Å². The number of aromatic nitrogens is 2. The number of nitrogen functional groups attached to an aromatic ring is 1. The molecule has 0 aromatic carbocycles. The summed E-state index contributed by atoms with van der Waals surface area (Å²) in [6, 6.07) is 0. The van der Waals surface area contributed by atoms with Crippen LogP contribution in [-0.2, 0) is 7.05 Å². The van der Waals surface area contributed by atoms with Gasteiger partial charge in [0.05, 0.1) is 16.8 Å². The summed E-state index contributed by atoms with van der Waals surface area (Å²) in [5.41, 5.74) is 7.53. The number of nitrogens with zero attached hydrogens (tertiary/aromatic N) is 2. The molecule has 0 atom stereocenters. The van der Waals surface area contributed by atoms with E-state index in [1.807, 2.05) is 14.0 Å². The Morgan fingerprint density at radius 3 is 2.80 bits per heavy atom. The highest BCUT2D eigenvalue weighted by Gasteiger charge is 2.20. The zero-order valence-electron chi connectivity index (χ0n) is 12.3. The first kappa shape index (κ1) is 14.8. The fraction of sp³-hybridized carbons (Fsp3) is 0.571. The molecule has 3 N–H and O–H groups in total. The van der Waals surface area contributed by atoms with Crippen LogP contribution < -0.4 is 11.1 Å². The number of aryl methyl sites for hydroxylation is 2. The monoisotopic (exact) mass is 294 g/mol. The van der Waals surface area contributed by atoms with Gasteiger partial charge in [-0.25, -0.2) is 0 Å². The predicted molar refractivity (Wildman–Crippen MR) is 84.2 cm³/mol. The van der Waals surface area contributed by atoms with Gasteiger partial charge in [-0.1, -0.05) is 26.2 Å². The van der Waals surface area contributed by atoms with E-state index in [4.69, 9.17) is 5.73 Å². The molecule has 2 aromatic rings. The second kappa shape index (κ2) is 6.26. The molecule has 6 heteroatoms. The van der Waals surface area contributed by atoms with E-state index in [1.165, 1.54) is 24.2 Å². The van der Waals surface area contributed by atoms with Gasteiger partial charge in [0.15, 0.2) is 0 Å². The Kier molecular flexibility index (Phi) is 4.65. The van der Waals surface area contributed by atoms with Gasteiger partial charge in [0.1, 0.15) is 9.71 Å². The molecule has 0 bridgehead atoms. The zero-order chi connectivity index (χ0) is 14.7. The van der Waals surface area contributed by atoms with Gasteiger partial charge in [0, 0.05) is 13.6 Å². The molecule has 0 aliphatic rings. The van der Waals surface area contributed by atoms with E-state index in [0.29, 0.717) is 17.1 Å². The van der Waals surface area contributed by atoms with Gasteiger partial charge in [0.25, 0.3) is 5.91 Å². The lowest BCUT2D eigenvalue weighted by molar-refractivity contribution is 0.0958. The molecule has 0 fully saturated rings. The van der Waals surface area contributed by atoms with Crippen molar-refractivity contribution in [3.63, 3.8) is 0 Å². The van der Waals surface area contributed by atoms with Crippen LogP contribution in [0.4, 0.5) is 5.69 Å². The Morgan fingerprint density at radius 1 is 1.40 bits per heavy atom. The fourth-order valence-corrected chi connectivity index (χ4v) is 3.43. The van der Waals surface area contributed by atoms with E-state index in [-0.39, 0.29) is 5.91 Å². The Balaban J connectivity index is 2.07. The van der Waals surface area contributed by atoms with Gasteiger partial charge in [0.2, 0.25) is 0 Å². The highest BCUT2D eigenvalue weighted by Crippen LogP contribution is 2.35. The molecule has 0 saturated carbocycles. The third kappa shape index (κ3) is 2.80. The summed E-state index contributed by atoms with van der Waals surface area (Å²) in [5.74, 6) is -0.0698. The molecule has 5 nitrogen and oxygen atoms in total. The van der Waals surface area contributed by atoms with Crippen LogP contribution in [0.25, 0.3) is 10.2 Å². The zero-order valence-corrected chi connectivity index (χ0v) is 13.1. The van der Waals surface area contributed by atoms with Crippen molar-refractivity contribution in [2.75, 3.05) is 12.3 Å². The first-order valence-corrected chi connectivity index (χ1v) is 7.87. The van der Waals surface area contributed by atoms with Crippen LogP contribution in [0.2, 0.25) is 0 Å². The lowest BCUT2D eigenvalue weighted by atomic mass is 10.2. The Bertz CT molecular complexity index is 614. The van der Waals surface area contributed by atoms with E-state index < -0.39 is 0 Å². The molecule has 2 aromatic heterocycles. The van der Waals surface area contributed by atoms with Crippen LogP contribution in [0.15, 0.2) is 0 Å². The van der Waals surface area contributed by atoms with E-state index in [0.717, 1.165) is 28.8 Å². The standard InChI is InChI=1S/C14H22N4OS/c1-4-5-6-7-8-16-13(19)12-11(15)10-9(2)17-18(3)14(10)20-12/h4-8,15H2,1-3H3,(H,16,19). The fourth-order valence-electron chi connectivity index (χ4n) is 2.33. The van der Waals surface area contributed by atoms with Crippen molar-refractivity contribution in [3.05, 3.63) is 10.6 Å². The Morgan fingerprint density at radius 2 is 2.15 bits per heavy atom. The maximum atomic E-state index is 12.2. The number of carbonyl (C=O) groups is 1. The van der Waals surface area contributed by atoms with E-state index in [2.05, 4.69) is 17.3 Å². The minimum atomic E-state index is -0.0698. The van der Waals surface area contributed by atoms with Gasteiger partial charge in [-0.2, -0.15) is 5.10 Å². The normalized spacial score (nSPS) is 11.2. The average Bonchev–Trinajstić information content (AvgIpc) is 2.89. The summed E-state index contributed by atoms with van der Waals surface area (Å²) in [6.07, 6.45) is 4.59. The van der Waals surface area contributed by atoms with Crippen molar-refractivity contribution in [2.24, 2.45) is 7.05 Å². The SMILES string of the molecule is CCCCCCNC(=O)c1sc2c(c(C)nn2C)c1N. The lowest BCUT2D eigenvalue weighted by Gasteiger charge is -2.04. The molecular formula is C14H22N4OS. The van der Waals surface area contributed by atoms with Crippen molar-refractivity contribution in [1.29, 1.82) is 0 Å². The predicted octanol–water partition coefficient (Wildman–Crippen LogP) is 2.84. The van der Waals surface area contributed by atoms with E-state index in [1.54, 1.807) is 4.68 Å². The number of nitrogens with two attached hydrogens (primary N) is 1. The third-order valence-corrected chi connectivity index (χ3v) is 4.68. The summed E-state index contributed by atoms with van der Waals surface area (Å²) < 4.78 is 1.78. The van der Waals surface area contributed by atoms with Crippen LogP contribution in [0.3, 0.4) is 0 Å². The molecular weight excluding hydrogens is 272 g/mol. The minimum absolute atomic E-state index is 0.0698. The molecule has 0 aliphatic carbocycles. The molecule has 2 heterocycles. The molecule has 20 heavy (non-hydrogen) atoms. The third-order valence-electron chi connectivity index (χ3n) is 3.40. The summed E-state index contributed by atoms with van der Waals surface area (Å²) >= 11 is 1.41. The quantitative estimate of drug-likeness (QED) is 0.805. The number of rotatable bonds is 6. The second-order valence-corrected chi connectivity index (χ2v) is 6.05. The van der Waals surface area contributed by atoms with E-state index >= 15 is 0 Å². The van der Waals surface area contributed by atoms with Gasteiger partial charge >= 0.3 is 0 Å². The van der Waals surface area contributed by atoms with Crippen molar-refractivity contribution >= 4 is 33.1 Å². The highest BCUT2D eigenvalue weighted by molar-refractivity contribution is 7.21. The van der Waals surface area contributed by atoms with Crippen LogP contribution in [0, 0.1) is 6.92 Å². The molecule has 0 spiro atoms. The Labute approximate surface area is 123 Å². The maximum absolute atomic E-state index is 12.2. The number of thiophene rings is 1. The summed E-state index contributed by atoms with van der Waals surface area (Å²) in [7, 11) is 1.87. The van der Waals surface area contributed by atoms with Crippen LogP contribution in [-0.4, -0.2) is 22.2 Å². The van der Waals surface area contributed by atoms with Crippen molar-refractivity contribution < 1.29 is 4.79 Å². The van der Waals surface area contributed by atoms with E-state index in [9.17, 15) is 4.79 Å². The van der Waals surface area contributed by atoms with Crippen molar-refractivity contribution in [2.45, 2.75) is 39.5 Å². The van der Waals surface area contributed by atoms with Crippen molar-refractivity contribution in [1.82, 2.24) is 15.1 Å².